The molecule has 0 bridgehead atoms. The number of aromatic hydroxyl groups is 1. The molecule has 0 fully saturated rings. The van der Waals surface area contributed by atoms with Crippen molar-refractivity contribution in [2.75, 3.05) is 0 Å². The van der Waals surface area contributed by atoms with E-state index in [2.05, 4.69) is 31.9 Å². The maximum atomic E-state index is 12.2. The van der Waals surface area contributed by atoms with E-state index in [-0.39, 0.29) is 51.5 Å². The van der Waals surface area contributed by atoms with Gasteiger partial charge in [-0.2, -0.15) is 8.42 Å². The summed E-state index contributed by atoms with van der Waals surface area (Å²) in [6.45, 7) is 3.39. The van der Waals surface area contributed by atoms with Gasteiger partial charge in [0.05, 0.1) is 8.96 Å². The van der Waals surface area contributed by atoms with Crippen molar-refractivity contribution in [1.29, 1.82) is 0 Å². The van der Waals surface area contributed by atoms with Crippen LogP contribution in [-0.4, -0.2) is 53.4 Å². The van der Waals surface area contributed by atoms with Gasteiger partial charge in [-0.05, 0) is 104 Å². The summed E-state index contributed by atoms with van der Waals surface area (Å²) >= 11 is 6.58. The predicted octanol–water partition coefficient (Wildman–Crippen LogP) is 4.94. The second-order valence-corrected chi connectivity index (χ2v) is 9.67. The molecule has 9 heteroatoms. The van der Waals surface area contributed by atoms with E-state index >= 15 is 0 Å². The number of carbonyl (C=O) groups excluding carboxylic acids is 1. The number of halogens is 2. The number of aryl methyl sites for hydroxylation is 1. The number of allylic oxidation sites excluding steroid dienone is 5. The van der Waals surface area contributed by atoms with Crippen molar-refractivity contribution in [3.05, 3.63) is 85.3 Å². The molecular weight excluding hydrogens is 547 g/mol. The van der Waals surface area contributed by atoms with E-state index in [1.165, 1.54) is 12.1 Å². The molecule has 0 spiro atoms. The average Bonchev–Trinajstić information content (AvgIpc) is 2.64. The van der Waals surface area contributed by atoms with Gasteiger partial charge < -0.3 is 5.11 Å². The Bertz CT molecular complexity index is 1200. The predicted molar refractivity (Wildman–Crippen MR) is 124 cm³/mol. The third kappa shape index (κ3) is 5.07. The number of phenolic OH excluding ortho intramolecular Hbond substituents is 1. The fourth-order valence-corrected chi connectivity index (χ4v) is 4.95. The fraction of sp³-hybridized carbons (Fsp3) is 0.0952. The summed E-state index contributed by atoms with van der Waals surface area (Å²) < 4.78 is 34.6. The Hall–Kier alpha value is -1.000. The number of hydrogen-bond acceptors (Lipinski definition) is 4. The Kier molecular flexibility index (Phi) is 8.12. The van der Waals surface area contributed by atoms with Crippen LogP contribution in [0.1, 0.15) is 23.6 Å². The number of carbonyl (C=O) groups is 1. The third-order valence-corrected chi connectivity index (χ3v) is 6.60. The summed E-state index contributed by atoms with van der Waals surface area (Å²) in [5, 5.41) is 10.1. The fourth-order valence-electron chi connectivity index (χ4n) is 3.13. The van der Waals surface area contributed by atoms with Gasteiger partial charge in [0, 0.05) is 35.1 Å². The number of rotatable bonds is 3. The monoisotopic (exact) mass is 561 g/mol. The van der Waals surface area contributed by atoms with Crippen molar-refractivity contribution in [2.24, 2.45) is 0 Å². The zero-order valence-corrected chi connectivity index (χ0v) is 22.4. The van der Waals surface area contributed by atoms with Crippen LogP contribution < -0.4 is 0 Å². The molecular formula is C21H16Br2NaO5S. The molecule has 0 unspecified atom stereocenters. The molecule has 0 saturated carbocycles. The Morgan fingerprint density at radius 1 is 1.03 bits per heavy atom. The van der Waals surface area contributed by atoms with Gasteiger partial charge in [0.15, 0.2) is 5.78 Å². The first-order valence-corrected chi connectivity index (χ1v) is 11.4. The minimum absolute atomic E-state index is 0. The maximum Gasteiger partial charge on any atom is 0.295 e. The molecule has 2 N–H and O–H groups in total. The van der Waals surface area contributed by atoms with Crippen molar-refractivity contribution in [1.82, 2.24) is 0 Å². The van der Waals surface area contributed by atoms with Crippen LogP contribution in [0.2, 0.25) is 0 Å². The second kappa shape index (κ2) is 9.65. The molecule has 2 aromatic carbocycles. The van der Waals surface area contributed by atoms with Gasteiger partial charge in [0.25, 0.3) is 10.1 Å². The van der Waals surface area contributed by atoms with Crippen LogP contribution in [0.3, 0.4) is 0 Å². The molecule has 0 saturated heterocycles. The quantitative estimate of drug-likeness (QED) is 0.408. The normalized spacial score (nSPS) is 15.8. The van der Waals surface area contributed by atoms with Gasteiger partial charge in [-0.3, -0.25) is 9.35 Å². The third-order valence-electron chi connectivity index (χ3n) is 4.49. The SMILES string of the molecule is CC1=C/C(=C(/c2cc(C)c(O)c(Br)c2)c2ccccc2S(=O)(=O)O)C=C(Br)C1=O.[Na]. The minimum atomic E-state index is -4.51. The molecule has 0 amide bonds. The Morgan fingerprint density at radius 3 is 2.23 bits per heavy atom. The van der Waals surface area contributed by atoms with Gasteiger partial charge in [0.2, 0.25) is 0 Å². The van der Waals surface area contributed by atoms with Crippen LogP contribution >= 0.6 is 31.9 Å². The van der Waals surface area contributed by atoms with Gasteiger partial charge in [-0.15, -0.1) is 0 Å². The number of Topliss-reactive ketones (excluding diaryl/α,β-unsaturated/α-hetero) is 1. The Balaban J connectivity index is 0.00000320. The molecule has 30 heavy (non-hydrogen) atoms. The molecule has 0 heterocycles. The summed E-state index contributed by atoms with van der Waals surface area (Å²) in [7, 11) is -4.51. The van der Waals surface area contributed by atoms with Crippen LogP contribution in [-0.2, 0) is 14.9 Å². The van der Waals surface area contributed by atoms with Crippen molar-refractivity contribution in [3.8, 4) is 5.75 Å². The van der Waals surface area contributed by atoms with Crippen LogP contribution in [0.4, 0.5) is 0 Å². The maximum absolute atomic E-state index is 12.2. The van der Waals surface area contributed by atoms with Gasteiger partial charge >= 0.3 is 0 Å². The standard InChI is InChI=1S/C21H16Br2O5S.Na/c1-11-7-13(9-16(22)20(11)24)19(14-8-12(2)21(25)17(23)10-14)15-5-3-4-6-18(15)29(26,27)28;/h3-10,24H,1-2H3,(H,26,27,28);/b19-14+;. The number of benzene rings is 2. The average molecular weight is 563 g/mol. The van der Waals surface area contributed by atoms with Gasteiger partial charge in [-0.1, -0.05) is 18.2 Å². The van der Waals surface area contributed by atoms with E-state index in [0.29, 0.717) is 36.8 Å². The molecule has 1 aliphatic rings. The van der Waals surface area contributed by atoms with E-state index in [4.69, 9.17) is 0 Å². The van der Waals surface area contributed by atoms with Gasteiger partial charge in [0.1, 0.15) is 10.6 Å². The van der Waals surface area contributed by atoms with Crippen LogP contribution in [0.5, 0.6) is 5.75 Å². The van der Waals surface area contributed by atoms with Crippen LogP contribution in [0.25, 0.3) is 5.57 Å². The molecule has 151 valence electrons. The number of hydrogen-bond donors (Lipinski definition) is 2. The topological polar surface area (TPSA) is 91.7 Å². The van der Waals surface area contributed by atoms with E-state index in [1.54, 1.807) is 50.3 Å². The van der Waals surface area contributed by atoms with E-state index in [0.717, 1.165) is 0 Å². The summed E-state index contributed by atoms with van der Waals surface area (Å²) in [5.41, 5.74) is 3.01. The number of phenols is 1. The van der Waals surface area contributed by atoms with Crippen molar-refractivity contribution in [3.63, 3.8) is 0 Å². The largest absolute Gasteiger partial charge is 0.506 e. The van der Waals surface area contributed by atoms with Crippen molar-refractivity contribution >= 4 is 82.9 Å². The second-order valence-electron chi connectivity index (χ2n) is 6.57. The van der Waals surface area contributed by atoms with Crippen LogP contribution in [0.15, 0.2) is 73.5 Å². The summed E-state index contributed by atoms with van der Waals surface area (Å²) in [4.78, 5) is 11.9. The minimum Gasteiger partial charge on any atom is -0.506 e. The Morgan fingerprint density at radius 2 is 1.67 bits per heavy atom. The van der Waals surface area contributed by atoms with E-state index in [1.807, 2.05) is 0 Å². The summed E-state index contributed by atoms with van der Waals surface area (Å²) in [6.07, 6.45) is 3.28. The first kappa shape index (κ1) is 25.3. The smallest absolute Gasteiger partial charge is 0.295 e. The van der Waals surface area contributed by atoms with Crippen molar-refractivity contribution < 1.29 is 22.9 Å². The summed E-state index contributed by atoms with van der Waals surface area (Å²) in [5.74, 6) is -0.0948. The molecule has 5 nitrogen and oxygen atoms in total. The molecule has 2 aromatic rings. The van der Waals surface area contributed by atoms with Crippen molar-refractivity contribution in [2.45, 2.75) is 18.7 Å². The first-order valence-electron chi connectivity index (χ1n) is 8.41. The zero-order valence-electron chi connectivity index (χ0n) is 16.4. The molecule has 0 atom stereocenters. The summed E-state index contributed by atoms with van der Waals surface area (Å²) in [6, 6.07) is 9.46. The molecule has 3 rings (SSSR count). The van der Waals surface area contributed by atoms with E-state index < -0.39 is 10.1 Å². The molecule has 0 aromatic heterocycles. The Labute approximate surface area is 213 Å². The first-order chi connectivity index (χ1) is 13.5. The van der Waals surface area contributed by atoms with Gasteiger partial charge in [-0.25, -0.2) is 0 Å². The molecule has 0 aliphatic heterocycles. The zero-order chi connectivity index (χ0) is 21.5. The molecule has 1 aliphatic carbocycles. The molecule has 1 radical (unpaired) electrons. The van der Waals surface area contributed by atoms with E-state index in [9.17, 15) is 22.9 Å². The van der Waals surface area contributed by atoms with Crippen LogP contribution in [0, 0.1) is 6.92 Å². The number of ketones is 1.